The summed E-state index contributed by atoms with van der Waals surface area (Å²) in [5.74, 6) is -1.59. The minimum absolute atomic E-state index is 0.167. The Morgan fingerprint density at radius 1 is 0.917 bits per heavy atom. The molecular formula is C29H28N2O4S. The first-order chi connectivity index (χ1) is 17.3. The van der Waals surface area contributed by atoms with Gasteiger partial charge in [-0.05, 0) is 63.1 Å². The van der Waals surface area contributed by atoms with Crippen molar-refractivity contribution in [3.8, 4) is 0 Å². The van der Waals surface area contributed by atoms with E-state index in [1.165, 1.54) is 11.8 Å². The van der Waals surface area contributed by atoms with E-state index in [4.69, 9.17) is 4.74 Å². The second kappa shape index (κ2) is 10.8. The average molecular weight is 501 g/mol. The number of thioether (sulfide) groups is 1. The van der Waals surface area contributed by atoms with Gasteiger partial charge in [-0.1, -0.05) is 66.2 Å². The van der Waals surface area contributed by atoms with Crippen LogP contribution in [0.3, 0.4) is 0 Å². The third-order valence-corrected chi connectivity index (χ3v) is 6.82. The molecule has 0 atom stereocenters. The minimum Gasteiger partial charge on any atom is -0.462 e. The maximum Gasteiger partial charge on any atom is 0.340 e. The van der Waals surface area contributed by atoms with E-state index in [2.05, 4.69) is 5.32 Å². The van der Waals surface area contributed by atoms with Crippen molar-refractivity contribution in [1.82, 2.24) is 0 Å². The predicted octanol–water partition coefficient (Wildman–Crippen LogP) is 6.17. The van der Waals surface area contributed by atoms with Crippen LogP contribution < -0.4 is 10.2 Å². The van der Waals surface area contributed by atoms with E-state index in [0.717, 1.165) is 32.2 Å². The maximum atomic E-state index is 13.8. The van der Waals surface area contributed by atoms with Gasteiger partial charge in [-0.25, -0.2) is 9.69 Å². The van der Waals surface area contributed by atoms with Crippen LogP contribution >= 0.6 is 11.8 Å². The quantitative estimate of drug-likeness (QED) is 0.295. The van der Waals surface area contributed by atoms with E-state index in [0.29, 0.717) is 6.42 Å². The number of benzene rings is 3. The van der Waals surface area contributed by atoms with Gasteiger partial charge in [-0.15, -0.1) is 0 Å². The summed E-state index contributed by atoms with van der Waals surface area (Å²) in [7, 11) is 0. The minimum atomic E-state index is -0.573. The summed E-state index contributed by atoms with van der Waals surface area (Å²) in [6.07, 6.45) is 0.665. The molecule has 0 radical (unpaired) electrons. The van der Waals surface area contributed by atoms with E-state index < -0.39 is 17.8 Å². The zero-order valence-corrected chi connectivity index (χ0v) is 21.6. The van der Waals surface area contributed by atoms with Gasteiger partial charge in [-0.3, -0.25) is 9.59 Å². The molecule has 4 rings (SSSR count). The number of ether oxygens (including phenoxy) is 1. The number of aryl methyl sites for hydroxylation is 3. The summed E-state index contributed by atoms with van der Waals surface area (Å²) in [5, 5.41) is 3.21. The molecule has 0 fully saturated rings. The zero-order valence-electron chi connectivity index (χ0n) is 20.8. The predicted molar refractivity (Wildman–Crippen MR) is 143 cm³/mol. The van der Waals surface area contributed by atoms with Crippen molar-refractivity contribution in [1.29, 1.82) is 0 Å². The van der Waals surface area contributed by atoms with Crippen molar-refractivity contribution in [3.05, 3.63) is 99.6 Å². The van der Waals surface area contributed by atoms with Crippen LogP contribution in [0.4, 0.5) is 11.4 Å². The number of carbonyl (C=O) groups is 3. The summed E-state index contributed by atoms with van der Waals surface area (Å²) in [6.45, 7) is 8.08. The number of hydrogen-bond acceptors (Lipinski definition) is 6. The molecule has 1 N–H and O–H groups in total. The molecule has 36 heavy (non-hydrogen) atoms. The molecule has 2 amide bonds. The van der Waals surface area contributed by atoms with Crippen LogP contribution in [0.1, 0.15) is 40.4 Å². The van der Waals surface area contributed by atoms with E-state index in [-0.39, 0.29) is 28.5 Å². The Labute approximate surface area is 215 Å². The van der Waals surface area contributed by atoms with Crippen molar-refractivity contribution in [3.63, 3.8) is 0 Å². The van der Waals surface area contributed by atoms with Gasteiger partial charge in [0.15, 0.2) is 0 Å². The monoisotopic (exact) mass is 500 g/mol. The molecule has 3 aromatic rings. The highest BCUT2D eigenvalue weighted by Crippen LogP contribution is 2.39. The Morgan fingerprint density at radius 3 is 2.31 bits per heavy atom. The van der Waals surface area contributed by atoms with Crippen LogP contribution in [0.15, 0.2) is 82.2 Å². The third-order valence-electron chi connectivity index (χ3n) is 5.73. The number of esters is 1. The normalized spacial score (nSPS) is 13.4. The molecule has 7 heteroatoms. The third kappa shape index (κ3) is 5.21. The van der Waals surface area contributed by atoms with Gasteiger partial charge < -0.3 is 10.1 Å². The second-order valence-electron chi connectivity index (χ2n) is 8.66. The van der Waals surface area contributed by atoms with E-state index in [1.807, 2.05) is 70.2 Å². The fraction of sp³-hybridized carbons (Fsp3) is 0.207. The van der Waals surface area contributed by atoms with Gasteiger partial charge >= 0.3 is 5.97 Å². The number of carbonyl (C=O) groups excluding carboxylic acids is 3. The van der Waals surface area contributed by atoms with Crippen LogP contribution in [0.2, 0.25) is 0 Å². The summed E-state index contributed by atoms with van der Waals surface area (Å²) >= 11 is 1.22. The molecule has 3 aromatic carbocycles. The lowest BCUT2D eigenvalue weighted by atomic mass is 10.1. The summed E-state index contributed by atoms with van der Waals surface area (Å²) in [6, 6.07) is 20.1. The first kappa shape index (κ1) is 25.3. The summed E-state index contributed by atoms with van der Waals surface area (Å²) in [4.78, 5) is 42.4. The second-order valence-corrected chi connectivity index (χ2v) is 9.75. The Hall–Kier alpha value is -3.84. The Balaban J connectivity index is 1.77. The molecule has 1 aliphatic heterocycles. The highest BCUT2D eigenvalue weighted by Gasteiger charge is 2.41. The molecule has 6 nitrogen and oxygen atoms in total. The molecule has 1 heterocycles. The number of para-hydroxylation sites is 1. The molecule has 1 aliphatic rings. The summed E-state index contributed by atoms with van der Waals surface area (Å²) < 4.78 is 5.31. The smallest absolute Gasteiger partial charge is 0.340 e. The Bertz CT molecular complexity index is 1360. The fourth-order valence-corrected chi connectivity index (χ4v) is 4.79. The van der Waals surface area contributed by atoms with Crippen LogP contribution in [0.5, 0.6) is 0 Å². The largest absolute Gasteiger partial charge is 0.462 e. The van der Waals surface area contributed by atoms with Gasteiger partial charge in [0.2, 0.25) is 0 Å². The summed E-state index contributed by atoms with van der Waals surface area (Å²) in [5.41, 5.74) is 4.41. The molecule has 184 valence electrons. The average Bonchev–Trinajstić information content (AvgIpc) is 3.09. The zero-order chi connectivity index (χ0) is 25.8. The fourth-order valence-electron chi connectivity index (χ4n) is 3.86. The number of rotatable bonds is 8. The maximum absolute atomic E-state index is 13.8. The van der Waals surface area contributed by atoms with Gasteiger partial charge in [-0.2, -0.15) is 0 Å². The van der Waals surface area contributed by atoms with Crippen molar-refractivity contribution in [2.75, 3.05) is 16.8 Å². The first-order valence-corrected chi connectivity index (χ1v) is 12.6. The molecule has 0 aliphatic carbocycles. The van der Waals surface area contributed by atoms with Crippen molar-refractivity contribution >= 4 is 40.9 Å². The van der Waals surface area contributed by atoms with E-state index >= 15 is 0 Å². The number of imide groups is 1. The topological polar surface area (TPSA) is 75.7 Å². The molecule has 0 aromatic heterocycles. The standard InChI is InChI=1S/C29H28N2O4S/c1-5-16-35-29(34)22-8-6-7-9-24(22)31-27(32)25(30-23-15-12-19(3)17-20(23)4)26(28(31)33)36-21-13-10-18(2)11-14-21/h6-15,17,30H,5,16H2,1-4H3. The molecular weight excluding hydrogens is 472 g/mol. The van der Waals surface area contributed by atoms with Gasteiger partial charge in [0.05, 0.1) is 17.9 Å². The Kier molecular flexibility index (Phi) is 7.60. The van der Waals surface area contributed by atoms with Crippen molar-refractivity contribution in [2.24, 2.45) is 0 Å². The number of hydrogen-bond donors (Lipinski definition) is 1. The number of anilines is 2. The molecule has 0 unspecified atom stereocenters. The van der Waals surface area contributed by atoms with Crippen LogP contribution in [0, 0.1) is 20.8 Å². The molecule has 0 spiro atoms. The first-order valence-electron chi connectivity index (χ1n) is 11.8. The number of amides is 2. The highest BCUT2D eigenvalue weighted by atomic mass is 32.2. The van der Waals surface area contributed by atoms with E-state index in [1.54, 1.807) is 24.3 Å². The van der Waals surface area contributed by atoms with Gasteiger partial charge in [0.25, 0.3) is 11.8 Å². The van der Waals surface area contributed by atoms with Crippen LogP contribution in [0.25, 0.3) is 0 Å². The molecule has 0 saturated heterocycles. The number of nitrogens with zero attached hydrogens (tertiary/aromatic N) is 1. The lowest BCUT2D eigenvalue weighted by Gasteiger charge is -2.18. The van der Waals surface area contributed by atoms with Crippen molar-refractivity contribution < 1.29 is 19.1 Å². The van der Waals surface area contributed by atoms with Crippen molar-refractivity contribution in [2.45, 2.75) is 39.0 Å². The lowest BCUT2D eigenvalue weighted by Crippen LogP contribution is -2.33. The molecule has 0 bridgehead atoms. The SMILES string of the molecule is CCCOC(=O)c1ccccc1N1C(=O)C(Nc2ccc(C)cc2C)=C(Sc2ccc(C)cc2)C1=O. The van der Waals surface area contributed by atoms with Crippen LogP contribution in [-0.2, 0) is 14.3 Å². The van der Waals surface area contributed by atoms with Gasteiger partial charge in [0, 0.05) is 10.6 Å². The van der Waals surface area contributed by atoms with Crippen LogP contribution in [-0.4, -0.2) is 24.4 Å². The Morgan fingerprint density at radius 2 is 1.61 bits per heavy atom. The highest BCUT2D eigenvalue weighted by molar-refractivity contribution is 8.04. The lowest BCUT2D eigenvalue weighted by molar-refractivity contribution is -0.120. The number of nitrogens with one attached hydrogen (secondary N) is 1. The van der Waals surface area contributed by atoms with E-state index in [9.17, 15) is 14.4 Å². The van der Waals surface area contributed by atoms with Gasteiger partial charge in [0.1, 0.15) is 10.6 Å². The molecule has 0 saturated carbocycles.